The molecule has 1 aromatic carbocycles. The Balaban J connectivity index is 1.64. The van der Waals surface area contributed by atoms with Crippen LogP contribution in [0.25, 0.3) is 0 Å². The Labute approximate surface area is 94.8 Å². The lowest BCUT2D eigenvalue weighted by atomic mass is 9.95. The van der Waals surface area contributed by atoms with Crippen molar-refractivity contribution in [3.8, 4) is 0 Å². The minimum atomic E-state index is 0.0155. The molecule has 2 aliphatic rings. The second-order valence-corrected chi connectivity index (χ2v) is 4.52. The van der Waals surface area contributed by atoms with Gasteiger partial charge in [0.25, 0.3) is 5.91 Å². The number of fused-ring (bicyclic) bond motifs is 1. The average molecular weight is 217 g/mol. The molecule has 1 saturated heterocycles. The van der Waals surface area contributed by atoms with Crippen LogP contribution in [-0.2, 0) is 4.74 Å². The first-order chi connectivity index (χ1) is 7.84. The Kier molecular flexibility index (Phi) is 2.40. The molecule has 1 aromatic rings. The maximum atomic E-state index is 11.9. The van der Waals surface area contributed by atoms with Gasteiger partial charge in [-0.1, -0.05) is 18.2 Å². The van der Waals surface area contributed by atoms with Crippen LogP contribution in [-0.4, -0.2) is 24.2 Å². The molecule has 2 fully saturated rings. The van der Waals surface area contributed by atoms with Crippen molar-refractivity contribution in [1.82, 2.24) is 5.32 Å². The smallest absolute Gasteiger partial charge is 0.251 e. The second kappa shape index (κ2) is 3.91. The standard InChI is InChI=1S/C13H15NO2/c15-13(9-5-2-1-3-6-9)14-10-7-4-8-11-12(10)16-11/h1-3,5-6,10-12H,4,7-8H2,(H,14,15)/t10?,11-,12-/m0/s1. The monoisotopic (exact) mass is 217 g/mol. The Hall–Kier alpha value is -1.35. The van der Waals surface area contributed by atoms with Gasteiger partial charge < -0.3 is 10.1 Å². The van der Waals surface area contributed by atoms with Crippen LogP contribution in [0.4, 0.5) is 0 Å². The van der Waals surface area contributed by atoms with E-state index in [-0.39, 0.29) is 18.1 Å². The van der Waals surface area contributed by atoms with E-state index < -0.39 is 0 Å². The van der Waals surface area contributed by atoms with Gasteiger partial charge >= 0.3 is 0 Å². The molecule has 3 atom stereocenters. The number of epoxide rings is 1. The minimum absolute atomic E-state index is 0.0155. The van der Waals surface area contributed by atoms with Crippen molar-refractivity contribution in [3.63, 3.8) is 0 Å². The van der Waals surface area contributed by atoms with E-state index in [1.165, 1.54) is 0 Å². The van der Waals surface area contributed by atoms with Gasteiger partial charge in [-0.25, -0.2) is 0 Å². The Morgan fingerprint density at radius 3 is 2.88 bits per heavy atom. The van der Waals surface area contributed by atoms with E-state index in [9.17, 15) is 4.79 Å². The molecular formula is C13H15NO2. The number of hydrogen-bond donors (Lipinski definition) is 1. The van der Waals surface area contributed by atoms with Crippen LogP contribution < -0.4 is 5.32 Å². The normalized spacial score (nSPS) is 31.6. The third-order valence-electron chi connectivity index (χ3n) is 3.37. The van der Waals surface area contributed by atoms with E-state index in [1.54, 1.807) is 0 Å². The predicted molar refractivity (Wildman–Crippen MR) is 60.2 cm³/mol. The summed E-state index contributed by atoms with van der Waals surface area (Å²) in [6.45, 7) is 0. The molecule has 1 heterocycles. The zero-order chi connectivity index (χ0) is 11.0. The molecule has 1 saturated carbocycles. The number of amides is 1. The van der Waals surface area contributed by atoms with Gasteiger partial charge in [0, 0.05) is 5.56 Å². The Morgan fingerprint density at radius 2 is 2.06 bits per heavy atom. The molecule has 1 N–H and O–H groups in total. The lowest BCUT2D eigenvalue weighted by molar-refractivity contribution is 0.0926. The quantitative estimate of drug-likeness (QED) is 0.767. The topological polar surface area (TPSA) is 41.6 Å². The van der Waals surface area contributed by atoms with E-state index in [2.05, 4.69) is 5.32 Å². The van der Waals surface area contributed by atoms with Crippen molar-refractivity contribution in [1.29, 1.82) is 0 Å². The van der Waals surface area contributed by atoms with Crippen LogP contribution in [0.3, 0.4) is 0 Å². The maximum absolute atomic E-state index is 11.9. The molecule has 1 aliphatic heterocycles. The van der Waals surface area contributed by atoms with Gasteiger partial charge in [0.2, 0.25) is 0 Å². The Morgan fingerprint density at radius 1 is 1.25 bits per heavy atom. The van der Waals surface area contributed by atoms with E-state index in [0.717, 1.165) is 24.8 Å². The fourth-order valence-corrected chi connectivity index (χ4v) is 2.44. The Bertz CT molecular complexity index is 390. The summed E-state index contributed by atoms with van der Waals surface area (Å²) in [5, 5.41) is 3.06. The molecule has 16 heavy (non-hydrogen) atoms. The van der Waals surface area contributed by atoms with Gasteiger partial charge in [-0.05, 0) is 31.4 Å². The molecular weight excluding hydrogens is 202 g/mol. The van der Waals surface area contributed by atoms with E-state index in [1.807, 2.05) is 30.3 Å². The van der Waals surface area contributed by atoms with Crippen LogP contribution in [0.2, 0.25) is 0 Å². The third kappa shape index (κ3) is 1.83. The molecule has 84 valence electrons. The van der Waals surface area contributed by atoms with E-state index in [4.69, 9.17) is 4.74 Å². The van der Waals surface area contributed by atoms with Crippen molar-refractivity contribution in [2.45, 2.75) is 37.5 Å². The van der Waals surface area contributed by atoms with Crippen LogP contribution in [0.15, 0.2) is 30.3 Å². The van der Waals surface area contributed by atoms with Gasteiger partial charge in [0.05, 0.1) is 12.1 Å². The number of benzene rings is 1. The summed E-state index contributed by atoms with van der Waals surface area (Å²) in [6.07, 6.45) is 4.04. The summed E-state index contributed by atoms with van der Waals surface area (Å²) in [4.78, 5) is 11.9. The third-order valence-corrected chi connectivity index (χ3v) is 3.37. The molecule has 1 amide bonds. The molecule has 0 aromatic heterocycles. The summed E-state index contributed by atoms with van der Waals surface area (Å²) in [7, 11) is 0. The minimum Gasteiger partial charge on any atom is -0.367 e. The first kappa shape index (κ1) is 9.85. The van der Waals surface area contributed by atoms with Gasteiger partial charge in [-0.2, -0.15) is 0 Å². The van der Waals surface area contributed by atoms with E-state index in [0.29, 0.717) is 6.10 Å². The van der Waals surface area contributed by atoms with Crippen molar-refractivity contribution in [3.05, 3.63) is 35.9 Å². The number of hydrogen-bond acceptors (Lipinski definition) is 2. The average Bonchev–Trinajstić information content (AvgIpc) is 3.10. The fourth-order valence-electron chi connectivity index (χ4n) is 2.44. The number of nitrogens with one attached hydrogen (secondary N) is 1. The highest BCUT2D eigenvalue weighted by Crippen LogP contribution is 2.36. The molecule has 3 nitrogen and oxygen atoms in total. The van der Waals surface area contributed by atoms with Crippen molar-refractivity contribution in [2.24, 2.45) is 0 Å². The summed E-state index contributed by atoms with van der Waals surface area (Å²) < 4.78 is 5.51. The van der Waals surface area contributed by atoms with Crippen LogP contribution in [0, 0.1) is 0 Å². The molecule has 0 spiro atoms. The molecule has 3 rings (SSSR count). The lowest BCUT2D eigenvalue weighted by Gasteiger charge is -2.19. The number of carbonyl (C=O) groups excluding carboxylic acids is 1. The first-order valence-electron chi connectivity index (χ1n) is 5.86. The highest BCUT2D eigenvalue weighted by atomic mass is 16.6. The second-order valence-electron chi connectivity index (χ2n) is 4.52. The van der Waals surface area contributed by atoms with Gasteiger partial charge in [-0.15, -0.1) is 0 Å². The van der Waals surface area contributed by atoms with Crippen LogP contribution in [0.5, 0.6) is 0 Å². The van der Waals surface area contributed by atoms with Crippen LogP contribution in [0.1, 0.15) is 29.6 Å². The number of rotatable bonds is 2. The van der Waals surface area contributed by atoms with Gasteiger partial charge in [0.1, 0.15) is 6.10 Å². The zero-order valence-corrected chi connectivity index (χ0v) is 9.06. The molecule has 3 heteroatoms. The summed E-state index contributed by atoms with van der Waals surface area (Å²) >= 11 is 0. The largest absolute Gasteiger partial charge is 0.367 e. The summed E-state index contributed by atoms with van der Waals surface area (Å²) in [5.41, 5.74) is 0.727. The van der Waals surface area contributed by atoms with Gasteiger partial charge in [-0.3, -0.25) is 4.79 Å². The number of carbonyl (C=O) groups is 1. The van der Waals surface area contributed by atoms with Crippen molar-refractivity contribution >= 4 is 5.91 Å². The highest BCUT2D eigenvalue weighted by molar-refractivity contribution is 5.94. The van der Waals surface area contributed by atoms with E-state index >= 15 is 0 Å². The van der Waals surface area contributed by atoms with Crippen molar-refractivity contribution < 1.29 is 9.53 Å². The molecule has 0 radical (unpaired) electrons. The molecule has 1 unspecified atom stereocenters. The predicted octanol–water partition coefficient (Wildman–Crippen LogP) is 1.74. The summed E-state index contributed by atoms with van der Waals surface area (Å²) in [5.74, 6) is 0.0155. The zero-order valence-electron chi connectivity index (χ0n) is 9.06. The first-order valence-corrected chi connectivity index (χ1v) is 5.86. The van der Waals surface area contributed by atoms with Crippen LogP contribution >= 0.6 is 0 Å². The molecule has 1 aliphatic carbocycles. The fraction of sp³-hybridized carbons (Fsp3) is 0.462. The SMILES string of the molecule is O=C(NC1CCC[C@@H]2O[C@@H]12)c1ccccc1. The van der Waals surface area contributed by atoms with Crippen molar-refractivity contribution in [2.75, 3.05) is 0 Å². The summed E-state index contributed by atoms with van der Waals surface area (Å²) in [6, 6.07) is 9.56. The lowest BCUT2D eigenvalue weighted by Crippen LogP contribution is -2.41. The molecule has 0 bridgehead atoms. The maximum Gasteiger partial charge on any atom is 0.251 e. The number of ether oxygens (including phenoxy) is 1. The highest BCUT2D eigenvalue weighted by Gasteiger charge is 2.47. The van der Waals surface area contributed by atoms with Gasteiger partial charge in [0.15, 0.2) is 0 Å².